The lowest BCUT2D eigenvalue weighted by atomic mass is 10.1. The minimum atomic E-state index is -1.09. The summed E-state index contributed by atoms with van der Waals surface area (Å²) in [5.41, 5.74) is 1.72. The number of ether oxygens (including phenoxy) is 1. The van der Waals surface area contributed by atoms with Crippen LogP contribution in [-0.4, -0.2) is 29.8 Å². The number of anilines is 1. The number of hydrogen-bond acceptors (Lipinski definition) is 3. The van der Waals surface area contributed by atoms with Crippen molar-refractivity contribution < 1.29 is 19.4 Å². The van der Waals surface area contributed by atoms with Gasteiger partial charge in [-0.05, 0) is 18.6 Å². The van der Waals surface area contributed by atoms with Crippen LogP contribution in [0.5, 0.6) is 0 Å². The van der Waals surface area contributed by atoms with Crippen LogP contribution < -0.4 is 4.90 Å². The average Bonchev–Trinajstić information content (AvgIpc) is 2.30. The van der Waals surface area contributed by atoms with Gasteiger partial charge in [-0.15, -0.1) is 0 Å². The lowest BCUT2D eigenvalue weighted by molar-refractivity contribution is -0.147. The molecule has 1 heterocycles. The Labute approximate surface area is 98.6 Å². The van der Waals surface area contributed by atoms with Crippen LogP contribution in [-0.2, 0) is 9.53 Å². The van der Waals surface area contributed by atoms with E-state index in [0.29, 0.717) is 13.0 Å². The molecule has 1 fully saturated rings. The molecule has 1 N–H and O–H groups in total. The molecule has 17 heavy (non-hydrogen) atoms. The number of benzene rings is 1. The maximum atomic E-state index is 11.7. The van der Waals surface area contributed by atoms with E-state index in [-0.39, 0.29) is 0 Å². The lowest BCUT2D eigenvalue weighted by Crippen LogP contribution is -2.45. The van der Waals surface area contributed by atoms with Crippen molar-refractivity contribution in [3.8, 4) is 0 Å². The largest absolute Gasteiger partial charge is 0.479 e. The van der Waals surface area contributed by atoms with Crippen molar-refractivity contribution in [1.82, 2.24) is 0 Å². The Balaban J connectivity index is 2.18. The molecule has 1 atom stereocenters. The summed E-state index contributed by atoms with van der Waals surface area (Å²) in [6.45, 7) is 2.26. The molecular formula is C12H13NO4. The van der Waals surface area contributed by atoms with Gasteiger partial charge in [0.2, 0.25) is 6.10 Å². The first-order chi connectivity index (χ1) is 8.09. The van der Waals surface area contributed by atoms with Crippen LogP contribution in [0.2, 0.25) is 0 Å². The molecule has 0 saturated carbocycles. The zero-order valence-corrected chi connectivity index (χ0v) is 9.42. The van der Waals surface area contributed by atoms with Crippen LogP contribution >= 0.6 is 0 Å². The molecule has 2 rings (SSSR count). The molecule has 1 saturated heterocycles. The van der Waals surface area contributed by atoms with Crippen LogP contribution in [0.15, 0.2) is 24.3 Å². The van der Waals surface area contributed by atoms with E-state index >= 15 is 0 Å². The number of carboxylic acids is 1. The Hall–Kier alpha value is -2.04. The van der Waals surface area contributed by atoms with Gasteiger partial charge in [-0.1, -0.05) is 18.2 Å². The number of rotatable bonds is 2. The molecule has 0 bridgehead atoms. The molecule has 1 unspecified atom stereocenters. The topological polar surface area (TPSA) is 66.8 Å². The van der Waals surface area contributed by atoms with E-state index in [0.717, 1.165) is 11.3 Å². The summed E-state index contributed by atoms with van der Waals surface area (Å²) in [5, 5.41) is 8.77. The first-order valence-corrected chi connectivity index (χ1v) is 5.36. The molecular weight excluding hydrogens is 222 g/mol. The van der Waals surface area contributed by atoms with Crippen molar-refractivity contribution in [3.05, 3.63) is 29.8 Å². The number of para-hydroxylation sites is 1. The van der Waals surface area contributed by atoms with Gasteiger partial charge in [-0.2, -0.15) is 0 Å². The van der Waals surface area contributed by atoms with Gasteiger partial charge >= 0.3 is 12.1 Å². The first kappa shape index (κ1) is 11.4. The van der Waals surface area contributed by atoms with Crippen LogP contribution in [0.3, 0.4) is 0 Å². The lowest BCUT2D eigenvalue weighted by Gasteiger charge is -2.30. The Morgan fingerprint density at radius 2 is 2.18 bits per heavy atom. The Kier molecular flexibility index (Phi) is 2.99. The first-order valence-electron chi connectivity index (χ1n) is 5.36. The number of cyclic esters (lactones) is 1. The van der Waals surface area contributed by atoms with Crippen molar-refractivity contribution in [2.75, 3.05) is 11.4 Å². The summed E-state index contributed by atoms with van der Waals surface area (Å²) in [5.74, 6) is -1.09. The molecule has 1 amide bonds. The molecule has 1 aliphatic heterocycles. The second-order valence-electron chi connectivity index (χ2n) is 3.94. The van der Waals surface area contributed by atoms with Crippen LogP contribution in [0, 0.1) is 6.92 Å². The standard InChI is InChI=1S/C12H13NO4/c1-8-4-2-3-5-9(8)13-7-6-10(11(14)15)17-12(13)16/h2-5,10H,6-7H2,1H3,(H,14,15). The number of hydrogen-bond donors (Lipinski definition) is 1. The maximum Gasteiger partial charge on any atom is 0.415 e. The second kappa shape index (κ2) is 4.45. The van der Waals surface area contributed by atoms with Gasteiger partial charge in [0.15, 0.2) is 0 Å². The normalized spacial score (nSPS) is 19.9. The van der Waals surface area contributed by atoms with Gasteiger partial charge in [0, 0.05) is 18.7 Å². The van der Waals surface area contributed by atoms with Gasteiger partial charge in [-0.3, -0.25) is 4.90 Å². The van der Waals surface area contributed by atoms with Crippen molar-refractivity contribution in [2.24, 2.45) is 0 Å². The number of amides is 1. The SMILES string of the molecule is Cc1ccccc1N1CCC(C(=O)O)OC1=O. The summed E-state index contributed by atoms with van der Waals surface area (Å²) in [7, 11) is 0. The summed E-state index contributed by atoms with van der Waals surface area (Å²) in [6, 6.07) is 7.43. The molecule has 90 valence electrons. The van der Waals surface area contributed by atoms with Gasteiger partial charge in [0.1, 0.15) is 0 Å². The van der Waals surface area contributed by atoms with E-state index in [1.807, 2.05) is 31.2 Å². The smallest absolute Gasteiger partial charge is 0.415 e. The highest BCUT2D eigenvalue weighted by Crippen LogP contribution is 2.24. The quantitative estimate of drug-likeness (QED) is 0.848. The number of aryl methyl sites for hydroxylation is 1. The number of aliphatic carboxylic acids is 1. The third-order valence-electron chi connectivity index (χ3n) is 2.76. The van der Waals surface area contributed by atoms with E-state index in [2.05, 4.69) is 0 Å². The van der Waals surface area contributed by atoms with Gasteiger partial charge in [-0.25, -0.2) is 9.59 Å². The Morgan fingerprint density at radius 1 is 1.47 bits per heavy atom. The fourth-order valence-electron chi connectivity index (χ4n) is 1.84. The molecule has 1 aromatic carbocycles. The highest BCUT2D eigenvalue weighted by Gasteiger charge is 2.32. The molecule has 5 heteroatoms. The van der Waals surface area contributed by atoms with Gasteiger partial charge in [0.25, 0.3) is 0 Å². The minimum absolute atomic E-state index is 0.301. The summed E-state index contributed by atoms with van der Waals surface area (Å²) >= 11 is 0. The minimum Gasteiger partial charge on any atom is -0.479 e. The number of carboxylic acid groups (broad SMARTS) is 1. The fourth-order valence-corrected chi connectivity index (χ4v) is 1.84. The van der Waals surface area contributed by atoms with Crippen LogP contribution in [0.4, 0.5) is 10.5 Å². The van der Waals surface area contributed by atoms with Crippen LogP contribution in [0.1, 0.15) is 12.0 Å². The molecule has 5 nitrogen and oxygen atoms in total. The summed E-state index contributed by atoms with van der Waals surface area (Å²) in [4.78, 5) is 23.9. The van der Waals surface area contributed by atoms with Crippen molar-refractivity contribution in [2.45, 2.75) is 19.4 Å². The van der Waals surface area contributed by atoms with Gasteiger partial charge in [0.05, 0.1) is 0 Å². The highest BCUT2D eigenvalue weighted by atomic mass is 16.6. The monoisotopic (exact) mass is 235 g/mol. The molecule has 0 aliphatic carbocycles. The van der Waals surface area contributed by atoms with E-state index < -0.39 is 18.2 Å². The molecule has 1 aromatic rings. The third kappa shape index (κ3) is 2.22. The van der Waals surface area contributed by atoms with Crippen molar-refractivity contribution in [1.29, 1.82) is 0 Å². The Morgan fingerprint density at radius 3 is 2.76 bits per heavy atom. The Bertz CT molecular complexity index is 458. The predicted molar refractivity (Wildman–Crippen MR) is 61.0 cm³/mol. The molecule has 1 aliphatic rings. The van der Waals surface area contributed by atoms with Crippen molar-refractivity contribution in [3.63, 3.8) is 0 Å². The fraction of sp³-hybridized carbons (Fsp3) is 0.333. The van der Waals surface area contributed by atoms with E-state index in [9.17, 15) is 9.59 Å². The van der Waals surface area contributed by atoms with E-state index in [1.54, 1.807) is 0 Å². The maximum absolute atomic E-state index is 11.7. The zero-order chi connectivity index (χ0) is 12.4. The van der Waals surface area contributed by atoms with Crippen molar-refractivity contribution >= 4 is 17.7 Å². The second-order valence-corrected chi connectivity index (χ2v) is 3.94. The summed E-state index contributed by atoms with van der Waals surface area (Å²) < 4.78 is 4.86. The molecule has 0 radical (unpaired) electrons. The number of carbonyl (C=O) groups excluding carboxylic acids is 1. The van der Waals surface area contributed by atoms with Crippen LogP contribution in [0.25, 0.3) is 0 Å². The average molecular weight is 235 g/mol. The van der Waals surface area contributed by atoms with Gasteiger partial charge < -0.3 is 9.84 Å². The summed E-state index contributed by atoms with van der Waals surface area (Å²) in [6.07, 6.45) is -1.32. The zero-order valence-electron chi connectivity index (χ0n) is 9.42. The third-order valence-corrected chi connectivity index (χ3v) is 2.76. The van der Waals surface area contributed by atoms with E-state index in [1.165, 1.54) is 4.90 Å². The molecule has 0 spiro atoms. The number of carbonyl (C=O) groups is 2. The predicted octanol–water partition coefficient (Wildman–Crippen LogP) is 1.79. The highest BCUT2D eigenvalue weighted by molar-refractivity contribution is 5.91. The van der Waals surface area contributed by atoms with E-state index in [4.69, 9.17) is 9.84 Å². The molecule has 0 aromatic heterocycles. The number of nitrogens with zero attached hydrogens (tertiary/aromatic N) is 1.